The van der Waals surface area contributed by atoms with Crippen molar-refractivity contribution in [2.75, 3.05) is 5.32 Å². The number of rotatable bonds is 4. The summed E-state index contributed by atoms with van der Waals surface area (Å²) in [5, 5.41) is 12.1. The number of anilines is 2. The maximum atomic E-state index is 10.9. The van der Waals surface area contributed by atoms with Crippen LogP contribution in [-0.2, 0) is 6.42 Å². The van der Waals surface area contributed by atoms with Crippen molar-refractivity contribution in [2.24, 2.45) is 0 Å². The molecule has 0 saturated carbocycles. The molecule has 0 saturated heterocycles. The van der Waals surface area contributed by atoms with Crippen LogP contribution in [-0.4, -0.2) is 21.0 Å². The molecule has 104 valence electrons. The van der Waals surface area contributed by atoms with Crippen molar-refractivity contribution in [1.82, 2.24) is 9.97 Å². The number of aromatic nitrogens is 2. The second-order valence-corrected chi connectivity index (χ2v) is 5.12. The van der Waals surface area contributed by atoms with Gasteiger partial charge in [0.15, 0.2) is 0 Å². The van der Waals surface area contributed by atoms with E-state index < -0.39 is 5.97 Å². The Morgan fingerprint density at radius 3 is 2.70 bits per heavy atom. The number of nitrogens with zero attached hydrogens (tertiary/aromatic N) is 2. The molecule has 6 heteroatoms. The minimum absolute atomic E-state index is 0.232. The van der Waals surface area contributed by atoms with E-state index in [9.17, 15) is 4.79 Å². The molecule has 2 rings (SSSR count). The van der Waals surface area contributed by atoms with Crippen molar-refractivity contribution in [3.63, 3.8) is 0 Å². The van der Waals surface area contributed by atoms with Crippen LogP contribution < -0.4 is 5.32 Å². The summed E-state index contributed by atoms with van der Waals surface area (Å²) < 4.78 is 0.673. The molecule has 0 unspecified atom stereocenters. The summed E-state index contributed by atoms with van der Waals surface area (Å²) in [6, 6.07) is 6.69. The van der Waals surface area contributed by atoms with Crippen molar-refractivity contribution < 1.29 is 9.90 Å². The van der Waals surface area contributed by atoms with Crippen LogP contribution in [0.4, 0.5) is 11.5 Å². The van der Waals surface area contributed by atoms with Gasteiger partial charge in [0.2, 0.25) is 0 Å². The fourth-order valence-corrected chi connectivity index (χ4v) is 2.24. The first-order valence-electron chi connectivity index (χ1n) is 6.14. The third-order valence-electron chi connectivity index (χ3n) is 2.73. The number of carboxylic acid groups (broad SMARTS) is 1. The van der Waals surface area contributed by atoms with Crippen molar-refractivity contribution in [2.45, 2.75) is 20.3 Å². The average molecular weight is 336 g/mol. The largest absolute Gasteiger partial charge is 0.478 e. The zero-order chi connectivity index (χ0) is 14.7. The van der Waals surface area contributed by atoms with Crippen molar-refractivity contribution in [1.29, 1.82) is 0 Å². The number of hydrogen-bond donors (Lipinski definition) is 2. The van der Waals surface area contributed by atoms with Crippen molar-refractivity contribution >= 4 is 33.4 Å². The molecular weight excluding hydrogens is 322 g/mol. The highest BCUT2D eigenvalue weighted by atomic mass is 79.9. The SMILES string of the molecule is CCc1cc(Nc2ccc(C(=O)O)cc2Br)nc(C)n1. The topological polar surface area (TPSA) is 75.1 Å². The predicted molar refractivity (Wildman–Crippen MR) is 80.5 cm³/mol. The van der Waals surface area contributed by atoms with E-state index in [0.29, 0.717) is 16.1 Å². The number of aromatic carboxylic acids is 1. The van der Waals surface area contributed by atoms with E-state index >= 15 is 0 Å². The summed E-state index contributed by atoms with van der Waals surface area (Å²) in [7, 11) is 0. The Hall–Kier alpha value is -1.95. The van der Waals surface area contributed by atoms with Gasteiger partial charge in [-0.3, -0.25) is 0 Å². The number of hydrogen-bond acceptors (Lipinski definition) is 4. The fraction of sp³-hybridized carbons (Fsp3) is 0.214. The molecule has 0 aliphatic heterocycles. The van der Waals surface area contributed by atoms with Crippen molar-refractivity contribution in [3.8, 4) is 0 Å². The molecule has 2 N–H and O–H groups in total. The highest BCUT2D eigenvalue weighted by molar-refractivity contribution is 9.10. The van der Waals surface area contributed by atoms with Gasteiger partial charge in [-0.15, -0.1) is 0 Å². The molecule has 0 atom stereocenters. The molecule has 5 nitrogen and oxygen atoms in total. The molecule has 0 aliphatic carbocycles. The van der Waals surface area contributed by atoms with Gasteiger partial charge in [-0.25, -0.2) is 14.8 Å². The van der Waals surface area contributed by atoms with Crippen LogP contribution in [0.2, 0.25) is 0 Å². The zero-order valence-electron chi connectivity index (χ0n) is 11.1. The summed E-state index contributed by atoms with van der Waals surface area (Å²) >= 11 is 3.36. The van der Waals surface area contributed by atoms with Crippen LogP contribution in [0.15, 0.2) is 28.7 Å². The molecule has 0 spiro atoms. The highest BCUT2D eigenvalue weighted by Gasteiger charge is 2.08. The summed E-state index contributed by atoms with van der Waals surface area (Å²) in [6.45, 7) is 3.87. The standard InChI is InChI=1S/C14H14BrN3O2/c1-3-10-7-13(17-8(2)16-10)18-12-5-4-9(14(19)20)6-11(12)15/h4-7H,3H2,1-2H3,(H,19,20)(H,16,17,18). The van der Waals surface area contributed by atoms with Gasteiger partial charge in [0.25, 0.3) is 0 Å². The van der Waals surface area contributed by atoms with Gasteiger partial charge < -0.3 is 10.4 Å². The number of carboxylic acids is 1. The number of aryl methyl sites for hydroxylation is 2. The van der Waals surface area contributed by atoms with Gasteiger partial charge in [0.1, 0.15) is 11.6 Å². The Morgan fingerprint density at radius 2 is 2.10 bits per heavy atom. The van der Waals surface area contributed by atoms with E-state index in [1.54, 1.807) is 18.2 Å². The van der Waals surface area contributed by atoms with Gasteiger partial charge in [-0.05, 0) is 47.5 Å². The van der Waals surface area contributed by atoms with Gasteiger partial charge >= 0.3 is 5.97 Å². The minimum Gasteiger partial charge on any atom is -0.478 e. The summed E-state index contributed by atoms with van der Waals surface area (Å²) in [5.74, 6) is 0.437. The zero-order valence-corrected chi connectivity index (χ0v) is 12.7. The first-order valence-corrected chi connectivity index (χ1v) is 6.93. The lowest BCUT2D eigenvalue weighted by molar-refractivity contribution is 0.0697. The Kier molecular flexibility index (Phi) is 4.34. The number of benzene rings is 1. The van der Waals surface area contributed by atoms with E-state index in [2.05, 4.69) is 31.2 Å². The number of halogens is 1. The monoisotopic (exact) mass is 335 g/mol. The van der Waals surface area contributed by atoms with E-state index in [-0.39, 0.29) is 5.56 Å². The molecule has 0 radical (unpaired) electrons. The Balaban J connectivity index is 2.30. The van der Waals surface area contributed by atoms with Gasteiger partial charge in [-0.1, -0.05) is 6.92 Å². The molecule has 20 heavy (non-hydrogen) atoms. The molecule has 0 fully saturated rings. The smallest absolute Gasteiger partial charge is 0.335 e. The molecule has 0 amide bonds. The Bertz CT molecular complexity index is 659. The maximum absolute atomic E-state index is 10.9. The molecule has 1 aromatic carbocycles. The number of carbonyl (C=O) groups is 1. The lowest BCUT2D eigenvalue weighted by Crippen LogP contribution is -2.02. The van der Waals surface area contributed by atoms with Gasteiger partial charge in [0, 0.05) is 16.2 Å². The van der Waals surface area contributed by atoms with Crippen LogP contribution in [0.5, 0.6) is 0 Å². The van der Waals surface area contributed by atoms with E-state index in [1.165, 1.54) is 0 Å². The first-order chi connectivity index (χ1) is 9.49. The molecule has 1 aromatic heterocycles. The van der Waals surface area contributed by atoms with E-state index in [4.69, 9.17) is 5.11 Å². The Labute approximate surface area is 125 Å². The molecular formula is C14H14BrN3O2. The maximum Gasteiger partial charge on any atom is 0.335 e. The van der Waals surface area contributed by atoms with Gasteiger partial charge in [0.05, 0.1) is 11.3 Å². The third-order valence-corrected chi connectivity index (χ3v) is 3.39. The van der Waals surface area contributed by atoms with Crippen LogP contribution in [0.3, 0.4) is 0 Å². The molecule has 0 bridgehead atoms. The molecule has 1 heterocycles. The fourth-order valence-electron chi connectivity index (χ4n) is 1.76. The predicted octanol–water partition coefficient (Wildman–Crippen LogP) is 3.55. The summed E-state index contributed by atoms with van der Waals surface area (Å²) in [5.41, 5.74) is 1.95. The van der Waals surface area contributed by atoms with E-state index in [1.807, 2.05) is 19.9 Å². The molecule has 2 aromatic rings. The van der Waals surface area contributed by atoms with E-state index in [0.717, 1.165) is 17.8 Å². The first kappa shape index (κ1) is 14.5. The highest BCUT2D eigenvalue weighted by Crippen LogP contribution is 2.26. The Morgan fingerprint density at radius 1 is 1.35 bits per heavy atom. The molecule has 0 aliphatic rings. The second-order valence-electron chi connectivity index (χ2n) is 4.27. The second kappa shape index (κ2) is 6.00. The number of nitrogens with one attached hydrogen (secondary N) is 1. The van der Waals surface area contributed by atoms with Crippen LogP contribution in [0.25, 0.3) is 0 Å². The minimum atomic E-state index is -0.955. The lowest BCUT2D eigenvalue weighted by atomic mass is 10.2. The van der Waals surface area contributed by atoms with Crippen LogP contribution >= 0.6 is 15.9 Å². The van der Waals surface area contributed by atoms with Gasteiger partial charge in [-0.2, -0.15) is 0 Å². The lowest BCUT2D eigenvalue weighted by Gasteiger charge is -2.10. The summed E-state index contributed by atoms with van der Waals surface area (Å²) in [4.78, 5) is 19.5. The average Bonchev–Trinajstić information content (AvgIpc) is 2.40. The van der Waals surface area contributed by atoms with Crippen molar-refractivity contribution in [3.05, 3.63) is 45.8 Å². The third kappa shape index (κ3) is 3.33. The quantitative estimate of drug-likeness (QED) is 0.893. The summed E-state index contributed by atoms with van der Waals surface area (Å²) in [6.07, 6.45) is 0.831. The van der Waals surface area contributed by atoms with Crippen LogP contribution in [0, 0.1) is 6.92 Å². The van der Waals surface area contributed by atoms with Crippen LogP contribution in [0.1, 0.15) is 28.8 Å². The normalized spacial score (nSPS) is 10.3.